The second-order valence-corrected chi connectivity index (χ2v) is 5.66. The summed E-state index contributed by atoms with van der Waals surface area (Å²) in [4.78, 5) is 12.4. The van der Waals surface area contributed by atoms with Crippen LogP contribution in [0.25, 0.3) is 11.3 Å². The van der Waals surface area contributed by atoms with Crippen LogP contribution < -0.4 is 11.1 Å². The molecule has 106 valence electrons. The van der Waals surface area contributed by atoms with Crippen LogP contribution in [0.1, 0.15) is 23.5 Å². The van der Waals surface area contributed by atoms with E-state index in [9.17, 15) is 9.18 Å². The molecule has 0 aliphatic heterocycles. The molecule has 0 spiro atoms. The number of aromatic nitrogens is 1. The normalized spacial score (nSPS) is 10.8. The van der Waals surface area contributed by atoms with Crippen LogP contribution in [0.3, 0.4) is 0 Å². The maximum Gasteiger partial charge on any atom is 0.265 e. The molecule has 4 nitrogen and oxygen atoms in total. The summed E-state index contributed by atoms with van der Waals surface area (Å²) in [5.41, 5.74) is 7.53. The Morgan fingerprint density at radius 2 is 2.05 bits per heavy atom. The van der Waals surface area contributed by atoms with E-state index in [-0.39, 0.29) is 11.7 Å². The summed E-state index contributed by atoms with van der Waals surface area (Å²) in [6.07, 6.45) is 0. The van der Waals surface area contributed by atoms with Crippen molar-refractivity contribution in [2.45, 2.75) is 13.8 Å². The fourth-order valence-electron chi connectivity index (χ4n) is 1.65. The Kier molecular flexibility index (Phi) is 4.34. The molecule has 0 saturated carbocycles. The molecule has 6 heteroatoms. The van der Waals surface area contributed by atoms with E-state index in [2.05, 4.69) is 9.69 Å². The number of benzene rings is 1. The Balaban J connectivity index is 2.22. The zero-order valence-electron chi connectivity index (χ0n) is 11.3. The number of nitrogens with one attached hydrogen (secondary N) is 1. The SMILES string of the molecule is CC(C)CNC(=O)c1snc(-c2ccc(F)cc2)c1N. The third-order valence-corrected chi connectivity index (χ3v) is 3.58. The van der Waals surface area contributed by atoms with Gasteiger partial charge >= 0.3 is 0 Å². The Morgan fingerprint density at radius 3 is 2.65 bits per heavy atom. The lowest BCUT2D eigenvalue weighted by molar-refractivity contribution is 0.0954. The molecule has 0 unspecified atom stereocenters. The lowest BCUT2D eigenvalue weighted by atomic mass is 10.1. The fraction of sp³-hybridized carbons (Fsp3) is 0.286. The minimum Gasteiger partial charge on any atom is -0.396 e. The highest BCUT2D eigenvalue weighted by Crippen LogP contribution is 2.30. The predicted molar refractivity (Wildman–Crippen MR) is 79.1 cm³/mol. The van der Waals surface area contributed by atoms with Crippen LogP contribution in [0.4, 0.5) is 10.1 Å². The van der Waals surface area contributed by atoms with Gasteiger partial charge in [0.1, 0.15) is 16.4 Å². The molecule has 1 heterocycles. The van der Waals surface area contributed by atoms with Gasteiger partial charge in [-0.3, -0.25) is 4.79 Å². The molecule has 0 radical (unpaired) electrons. The average Bonchev–Trinajstić information content (AvgIpc) is 2.79. The average molecular weight is 293 g/mol. The van der Waals surface area contributed by atoms with Gasteiger partial charge in [0.2, 0.25) is 0 Å². The van der Waals surface area contributed by atoms with Crippen molar-refractivity contribution in [2.75, 3.05) is 12.3 Å². The van der Waals surface area contributed by atoms with Crippen LogP contribution in [0.2, 0.25) is 0 Å². The third kappa shape index (κ3) is 3.14. The number of anilines is 1. The first-order valence-electron chi connectivity index (χ1n) is 6.28. The maximum absolute atomic E-state index is 12.9. The second kappa shape index (κ2) is 6.00. The van der Waals surface area contributed by atoms with E-state index in [1.165, 1.54) is 12.1 Å². The molecule has 20 heavy (non-hydrogen) atoms. The third-order valence-electron chi connectivity index (χ3n) is 2.72. The van der Waals surface area contributed by atoms with E-state index < -0.39 is 0 Å². The van der Waals surface area contributed by atoms with Crippen LogP contribution in [0, 0.1) is 11.7 Å². The molecule has 1 aromatic carbocycles. The quantitative estimate of drug-likeness (QED) is 0.910. The standard InChI is InChI=1S/C14H16FN3OS/c1-8(2)7-17-14(19)13-11(16)12(18-20-13)9-3-5-10(15)6-4-9/h3-6,8H,7,16H2,1-2H3,(H,17,19). The minimum atomic E-state index is -0.322. The van der Waals surface area contributed by atoms with Crippen molar-refractivity contribution >= 4 is 23.1 Å². The highest BCUT2D eigenvalue weighted by atomic mass is 32.1. The molecule has 3 N–H and O–H groups in total. The molecule has 0 fully saturated rings. The zero-order chi connectivity index (χ0) is 14.7. The Hall–Kier alpha value is -1.95. The van der Waals surface area contributed by atoms with Gasteiger partial charge in [-0.1, -0.05) is 13.8 Å². The van der Waals surface area contributed by atoms with Gasteiger partial charge < -0.3 is 11.1 Å². The zero-order valence-corrected chi connectivity index (χ0v) is 12.1. The lowest BCUT2D eigenvalue weighted by Crippen LogP contribution is -2.27. The molecular formula is C14H16FN3OS. The fourth-order valence-corrected chi connectivity index (χ4v) is 2.39. The molecule has 0 aliphatic carbocycles. The Labute approximate surface area is 121 Å². The van der Waals surface area contributed by atoms with Crippen molar-refractivity contribution in [3.8, 4) is 11.3 Å². The highest BCUT2D eigenvalue weighted by Gasteiger charge is 2.18. The molecule has 0 atom stereocenters. The Bertz CT molecular complexity index is 607. The van der Waals surface area contributed by atoms with Crippen molar-refractivity contribution in [2.24, 2.45) is 5.92 Å². The van der Waals surface area contributed by atoms with Crippen molar-refractivity contribution in [1.29, 1.82) is 0 Å². The van der Waals surface area contributed by atoms with E-state index >= 15 is 0 Å². The largest absolute Gasteiger partial charge is 0.396 e. The molecule has 0 aliphatic rings. The summed E-state index contributed by atoms with van der Waals surface area (Å²) in [5, 5.41) is 2.80. The summed E-state index contributed by atoms with van der Waals surface area (Å²) < 4.78 is 17.1. The summed E-state index contributed by atoms with van der Waals surface area (Å²) in [6.45, 7) is 4.61. The number of carbonyl (C=O) groups excluding carboxylic acids is 1. The number of amides is 1. The topological polar surface area (TPSA) is 68.0 Å². The van der Waals surface area contributed by atoms with Gasteiger partial charge in [0, 0.05) is 12.1 Å². The first kappa shape index (κ1) is 14.5. The first-order chi connectivity index (χ1) is 9.49. The van der Waals surface area contributed by atoms with Gasteiger partial charge in [-0.2, -0.15) is 4.37 Å². The summed E-state index contributed by atoms with van der Waals surface area (Å²) in [5.74, 6) is -0.177. The van der Waals surface area contributed by atoms with Crippen molar-refractivity contribution < 1.29 is 9.18 Å². The smallest absolute Gasteiger partial charge is 0.265 e. The van der Waals surface area contributed by atoms with Crippen molar-refractivity contribution in [3.05, 3.63) is 35.0 Å². The second-order valence-electron chi connectivity index (χ2n) is 4.88. The molecule has 0 bridgehead atoms. The monoisotopic (exact) mass is 293 g/mol. The highest BCUT2D eigenvalue weighted by molar-refractivity contribution is 7.09. The number of nitrogen functional groups attached to an aromatic ring is 1. The van der Waals surface area contributed by atoms with E-state index in [1.807, 2.05) is 13.8 Å². The number of carbonyl (C=O) groups is 1. The van der Waals surface area contributed by atoms with Crippen LogP contribution in [-0.4, -0.2) is 16.8 Å². The van der Waals surface area contributed by atoms with Gasteiger partial charge in [0.25, 0.3) is 5.91 Å². The molecular weight excluding hydrogens is 277 g/mol. The number of nitrogens with zero attached hydrogens (tertiary/aromatic N) is 1. The van der Waals surface area contributed by atoms with Crippen molar-refractivity contribution in [3.63, 3.8) is 0 Å². The number of nitrogens with two attached hydrogens (primary N) is 1. The van der Waals surface area contributed by atoms with E-state index in [4.69, 9.17) is 5.73 Å². The van der Waals surface area contributed by atoms with E-state index in [0.29, 0.717) is 34.3 Å². The summed E-state index contributed by atoms with van der Waals surface area (Å²) >= 11 is 1.05. The maximum atomic E-state index is 12.9. The predicted octanol–water partition coefficient (Wildman–Crippen LogP) is 2.92. The van der Waals surface area contributed by atoms with Gasteiger partial charge in [-0.05, 0) is 41.7 Å². The van der Waals surface area contributed by atoms with E-state index in [0.717, 1.165) is 11.5 Å². The molecule has 2 rings (SSSR count). The number of hydrogen-bond acceptors (Lipinski definition) is 4. The first-order valence-corrected chi connectivity index (χ1v) is 7.05. The lowest BCUT2D eigenvalue weighted by Gasteiger charge is -2.06. The van der Waals surface area contributed by atoms with Crippen LogP contribution >= 0.6 is 11.5 Å². The molecule has 0 saturated heterocycles. The van der Waals surface area contributed by atoms with Gasteiger partial charge in [-0.25, -0.2) is 4.39 Å². The van der Waals surface area contributed by atoms with Gasteiger partial charge in [0.05, 0.1) is 5.69 Å². The summed E-state index contributed by atoms with van der Waals surface area (Å²) in [6, 6.07) is 5.87. The molecule has 1 amide bonds. The van der Waals surface area contributed by atoms with Crippen molar-refractivity contribution in [1.82, 2.24) is 9.69 Å². The Morgan fingerprint density at radius 1 is 1.40 bits per heavy atom. The molecule has 2 aromatic rings. The van der Waals surface area contributed by atoms with Crippen LogP contribution in [-0.2, 0) is 0 Å². The number of halogens is 1. The van der Waals surface area contributed by atoms with Gasteiger partial charge in [-0.15, -0.1) is 0 Å². The number of hydrogen-bond donors (Lipinski definition) is 2. The summed E-state index contributed by atoms with van der Waals surface area (Å²) in [7, 11) is 0. The number of rotatable bonds is 4. The minimum absolute atomic E-state index is 0.220. The van der Waals surface area contributed by atoms with Crippen LogP contribution in [0.15, 0.2) is 24.3 Å². The van der Waals surface area contributed by atoms with E-state index in [1.54, 1.807) is 12.1 Å². The van der Waals surface area contributed by atoms with Gasteiger partial charge in [0.15, 0.2) is 0 Å². The molecule has 1 aromatic heterocycles. The van der Waals surface area contributed by atoms with Crippen LogP contribution in [0.5, 0.6) is 0 Å².